The zero-order valence-electron chi connectivity index (χ0n) is 10.2. The summed E-state index contributed by atoms with van der Waals surface area (Å²) in [6, 6.07) is 10.3. The van der Waals surface area contributed by atoms with Crippen LogP contribution in [0.1, 0.15) is 39.7 Å². The van der Waals surface area contributed by atoms with Crippen molar-refractivity contribution in [3.8, 4) is 0 Å². The van der Waals surface area contributed by atoms with Crippen LogP contribution in [0, 0.1) is 5.92 Å². The van der Waals surface area contributed by atoms with Gasteiger partial charge in [-0.2, -0.15) is 0 Å². The molecule has 0 fully saturated rings. The van der Waals surface area contributed by atoms with Gasteiger partial charge in [-0.25, -0.2) is 0 Å². The Bertz CT molecular complexity index is 309. The lowest BCUT2D eigenvalue weighted by Crippen LogP contribution is -2.19. The van der Waals surface area contributed by atoms with Crippen LogP contribution in [-0.4, -0.2) is 11.8 Å². The molecule has 0 heterocycles. The van der Waals surface area contributed by atoms with Gasteiger partial charge in [0.1, 0.15) is 0 Å². The summed E-state index contributed by atoms with van der Waals surface area (Å²) in [5, 5.41) is 0. The normalized spacial score (nSPS) is 12.6. The average Bonchev–Trinajstić information content (AvgIpc) is 2.15. The highest BCUT2D eigenvalue weighted by Gasteiger charge is 2.16. The highest BCUT2D eigenvalue weighted by atomic mass is 14.8. The summed E-state index contributed by atoms with van der Waals surface area (Å²) in [7, 11) is 0. The maximum atomic E-state index is 4.64. The van der Waals surface area contributed by atoms with E-state index < -0.39 is 0 Å². The van der Waals surface area contributed by atoms with Crippen molar-refractivity contribution in [1.29, 1.82) is 0 Å². The van der Waals surface area contributed by atoms with Crippen molar-refractivity contribution in [2.75, 3.05) is 0 Å². The summed E-state index contributed by atoms with van der Waals surface area (Å²) < 4.78 is 0. The maximum Gasteiger partial charge on any atom is 0.0554 e. The molecule has 0 spiro atoms. The fraction of sp³-hybridized carbons (Fsp3) is 0.500. The van der Waals surface area contributed by atoms with E-state index in [4.69, 9.17) is 0 Å². The highest BCUT2D eigenvalue weighted by Crippen LogP contribution is 2.19. The molecular weight excluding hydrogens is 182 g/mol. The first-order chi connectivity index (χ1) is 6.99. The molecule has 0 aliphatic heterocycles. The molecule has 0 saturated carbocycles. The van der Waals surface area contributed by atoms with Gasteiger partial charge in [0.2, 0.25) is 0 Å². The molecule has 1 heteroatoms. The lowest BCUT2D eigenvalue weighted by atomic mass is 9.93. The Kier molecular flexibility index (Phi) is 4.07. The molecule has 0 bridgehead atoms. The Hall–Kier alpha value is -1.11. The van der Waals surface area contributed by atoms with E-state index in [9.17, 15) is 0 Å². The number of rotatable bonds is 4. The van der Waals surface area contributed by atoms with E-state index in [1.54, 1.807) is 0 Å². The van der Waals surface area contributed by atoms with Crippen LogP contribution < -0.4 is 0 Å². The van der Waals surface area contributed by atoms with E-state index in [0.29, 0.717) is 5.92 Å². The molecule has 0 radical (unpaired) electrons. The second kappa shape index (κ2) is 5.11. The lowest BCUT2D eigenvalue weighted by Gasteiger charge is -2.21. The van der Waals surface area contributed by atoms with E-state index in [2.05, 4.69) is 44.8 Å². The van der Waals surface area contributed by atoms with E-state index in [1.165, 1.54) is 5.56 Å². The van der Waals surface area contributed by atoms with Crippen molar-refractivity contribution in [2.24, 2.45) is 10.9 Å². The van der Waals surface area contributed by atoms with Crippen LogP contribution in [0.5, 0.6) is 0 Å². The van der Waals surface area contributed by atoms with E-state index in [-0.39, 0.29) is 5.54 Å². The van der Waals surface area contributed by atoms with Crippen LogP contribution in [0.25, 0.3) is 0 Å². The zero-order valence-corrected chi connectivity index (χ0v) is 10.2. The van der Waals surface area contributed by atoms with Gasteiger partial charge in [-0.15, -0.1) is 0 Å². The van der Waals surface area contributed by atoms with Crippen LogP contribution in [-0.2, 0) is 0 Å². The molecule has 0 atom stereocenters. The minimum Gasteiger partial charge on any atom is -0.287 e. The molecular formula is C14H21N. The molecule has 1 aromatic rings. The molecule has 82 valence electrons. The number of aliphatic imine (C=N–C) groups is 1. The second-order valence-corrected chi connectivity index (χ2v) is 5.08. The first-order valence-corrected chi connectivity index (χ1v) is 5.60. The molecule has 0 N–H and O–H groups in total. The van der Waals surface area contributed by atoms with Gasteiger partial charge in [0.15, 0.2) is 0 Å². The first kappa shape index (κ1) is 12.0. The number of hydrogen-bond acceptors (Lipinski definition) is 1. The highest BCUT2D eigenvalue weighted by molar-refractivity contribution is 5.79. The quantitative estimate of drug-likeness (QED) is 0.657. The molecule has 1 aromatic carbocycles. The Morgan fingerprint density at radius 3 is 2.33 bits per heavy atom. The van der Waals surface area contributed by atoms with Crippen LogP contribution in [0.2, 0.25) is 0 Å². The summed E-state index contributed by atoms with van der Waals surface area (Å²) in [5.74, 6) is 0.688. The zero-order chi connectivity index (χ0) is 11.3. The fourth-order valence-corrected chi connectivity index (χ4v) is 1.84. The van der Waals surface area contributed by atoms with Gasteiger partial charge in [0, 0.05) is 6.21 Å². The van der Waals surface area contributed by atoms with Gasteiger partial charge in [-0.05, 0) is 31.7 Å². The van der Waals surface area contributed by atoms with Crippen LogP contribution in [0.3, 0.4) is 0 Å². The van der Waals surface area contributed by atoms with Crippen LogP contribution >= 0.6 is 0 Å². The second-order valence-electron chi connectivity index (χ2n) is 5.08. The summed E-state index contributed by atoms with van der Waals surface area (Å²) in [5.41, 5.74) is 1.22. The standard InChI is InChI=1S/C14H21N/c1-12(2)10-14(3,4)15-11-13-8-6-5-7-9-13/h5-9,11-12H,10H2,1-4H3. The number of hydrogen-bond donors (Lipinski definition) is 0. The number of nitrogens with zero attached hydrogens (tertiary/aromatic N) is 1. The van der Waals surface area contributed by atoms with E-state index in [1.807, 2.05) is 24.4 Å². The summed E-state index contributed by atoms with van der Waals surface area (Å²) in [6.07, 6.45) is 3.10. The Balaban J connectivity index is 2.64. The molecule has 0 amide bonds. The smallest absolute Gasteiger partial charge is 0.0554 e. The Morgan fingerprint density at radius 1 is 1.20 bits per heavy atom. The molecule has 0 aromatic heterocycles. The molecule has 0 saturated heterocycles. The number of benzene rings is 1. The summed E-state index contributed by atoms with van der Waals surface area (Å²) in [6.45, 7) is 8.85. The van der Waals surface area contributed by atoms with Crippen molar-refractivity contribution in [3.05, 3.63) is 35.9 Å². The third kappa shape index (κ3) is 4.78. The van der Waals surface area contributed by atoms with Crippen molar-refractivity contribution >= 4 is 6.21 Å². The predicted molar refractivity (Wildman–Crippen MR) is 67.6 cm³/mol. The molecule has 0 aliphatic rings. The topological polar surface area (TPSA) is 12.4 Å². The summed E-state index contributed by atoms with van der Waals surface area (Å²) >= 11 is 0. The molecule has 1 nitrogen and oxygen atoms in total. The molecule has 1 rings (SSSR count). The minimum atomic E-state index is 0.0456. The van der Waals surface area contributed by atoms with E-state index >= 15 is 0 Å². The van der Waals surface area contributed by atoms with Gasteiger partial charge < -0.3 is 0 Å². The molecule has 15 heavy (non-hydrogen) atoms. The van der Waals surface area contributed by atoms with Gasteiger partial charge in [0.05, 0.1) is 5.54 Å². The van der Waals surface area contributed by atoms with Crippen LogP contribution in [0.15, 0.2) is 35.3 Å². The monoisotopic (exact) mass is 203 g/mol. The fourth-order valence-electron chi connectivity index (χ4n) is 1.84. The minimum absolute atomic E-state index is 0.0456. The van der Waals surface area contributed by atoms with Gasteiger partial charge in [-0.3, -0.25) is 4.99 Å². The largest absolute Gasteiger partial charge is 0.287 e. The average molecular weight is 203 g/mol. The van der Waals surface area contributed by atoms with Crippen LogP contribution in [0.4, 0.5) is 0 Å². The Morgan fingerprint density at radius 2 is 1.80 bits per heavy atom. The van der Waals surface area contributed by atoms with Crippen molar-refractivity contribution in [1.82, 2.24) is 0 Å². The van der Waals surface area contributed by atoms with Gasteiger partial charge in [0.25, 0.3) is 0 Å². The maximum absolute atomic E-state index is 4.64. The molecule has 0 unspecified atom stereocenters. The molecule has 0 aliphatic carbocycles. The van der Waals surface area contributed by atoms with Gasteiger partial charge >= 0.3 is 0 Å². The Labute approximate surface area is 93.2 Å². The predicted octanol–water partition coefficient (Wildman–Crippen LogP) is 3.93. The third-order valence-corrected chi connectivity index (χ3v) is 2.27. The van der Waals surface area contributed by atoms with Gasteiger partial charge in [-0.1, -0.05) is 44.2 Å². The first-order valence-electron chi connectivity index (χ1n) is 5.60. The van der Waals surface area contributed by atoms with Crippen molar-refractivity contribution < 1.29 is 0 Å². The van der Waals surface area contributed by atoms with E-state index in [0.717, 1.165) is 6.42 Å². The SMILES string of the molecule is CC(C)CC(C)(C)N=Cc1ccccc1. The third-order valence-electron chi connectivity index (χ3n) is 2.27. The van der Waals surface area contributed by atoms with Crippen molar-refractivity contribution in [2.45, 2.75) is 39.7 Å². The summed E-state index contributed by atoms with van der Waals surface area (Å²) in [4.78, 5) is 4.64. The lowest BCUT2D eigenvalue weighted by molar-refractivity contribution is 0.404. The van der Waals surface area contributed by atoms with Crippen molar-refractivity contribution in [3.63, 3.8) is 0 Å².